The molecule has 2 aromatic rings. The van der Waals surface area contributed by atoms with Gasteiger partial charge in [-0.25, -0.2) is 9.97 Å². The molecule has 0 spiro atoms. The molecule has 0 N–H and O–H groups in total. The Morgan fingerprint density at radius 2 is 1.96 bits per heavy atom. The monoisotopic (exact) mass is 337 g/mol. The molecule has 1 saturated heterocycles. The van der Waals surface area contributed by atoms with Gasteiger partial charge >= 0.3 is 0 Å². The lowest BCUT2D eigenvalue weighted by atomic mass is 9.91. The number of hydrogen-bond acceptors (Lipinski definition) is 4. The highest BCUT2D eigenvalue weighted by Gasteiger charge is 2.25. The molecule has 1 aromatic carbocycles. The zero-order valence-corrected chi connectivity index (χ0v) is 15.0. The van der Waals surface area contributed by atoms with Gasteiger partial charge in [-0.05, 0) is 69.3 Å². The van der Waals surface area contributed by atoms with E-state index in [-0.39, 0.29) is 0 Å². The Balaban J connectivity index is 1.33. The largest absolute Gasteiger partial charge is 0.493 e. The molecule has 0 aliphatic carbocycles. The molecule has 0 bridgehead atoms. The third-order valence-corrected chi connectivity index (χ3v) is 5.58. The second-order valence-corrected chi connectivity index (χ2v) is 7.42. The van der Waals surface area contributed by atoms with Crippen molar-refractivity contribution in [3.05, 3.63) is 53.6 Å². The first-order chi connectivity index (χ1) is 12.3. The van der Waals surface area contributed by atoms with Crippen molar-refractivity contribution in [1.82, 2.24) is 14.9 Å². The van der Waals surface area contributed by atoms with Crippen LogP contribution in [0.5, 0.6) is 5.75 Å². The molecule has 4 rings (SSSR count). The van der Waals surface area contributed by atoms with Gasteiger partial charge in [0.25, 0.3) is 0 Å². The predicted octanol–water partition coefficient (Wildman–Crippen LogP) is 3.61. The summed E-state index contributed by atoms with van der Waals surface area (Å²) in [4.78, 5) is 11.5. The molecule has 0 radical (unpaired) electrons. The number of nitrogens with zero attached hydrogens (tertiary/aromatic N) is 3. The molecule has 4 heteroatoms. The van der Waals surface area contributed by atoms with Gasteiger partial charge in [0.1, 0.15) is 11.6 Å². The van der Waals surface area contributed by atoms with Crippen LogP contribution in [-0.4, -0.2) is 41.1 Å². The van der Waals surface area contributed by atoms with Crippen molar-refractivity contribution in [1.29, 1.82) is 0 Å². The van der Waals surface area contributed by atoms with E-state index in [1.165, 1.54) is 43.7 Å². The first-order valence-corrected chi connectivity index (χ1v) is 9.50. The van der Waals surface area contributed by atoms with Gasteiger partial charge in [0, 0.05) is 24.4 Å². The summed E-state index contributed by atoms with van der Waals surface area (Å²) in [5.41, 5.74) is 2.60. The highest BCUT2D eigenvalue weighted by molar-refractivity contribution is 5.34. The van der Waals surface area contributed by atoms with Crippen molar-refractivity contribution in [3.8, 4) is 5.75 Å². The highest BCUT2D eigenvalue weighted by atomic mass is 16.5. The zero-order chi connectivity index (χ0) is 17.1. The molecule has 25 heavy (non-hydrogen) atoms. The van der Waals surface area contributed by atoms with Crippen LogP contribution in [0.2, 0.25) is 0 Å². The Hall–Kier alpha value is -1.94. The molecule has 1 atom stereocenters. The van der Waals surface area contributed by atoms with E-state index >= 15 is 0 Å². The minimum atomic E-state index is 0.594. The summed E-state index contributed by atoms with van der Waals surface area (Å²) in [6.07, 6.45) is 6.60. The van der Waals surface area contributed by atoms with Crippen LogP contribution in [0.25, 0.3) is 0 Å². The van der Waals surface area contributed by atoms with Crippen LogP contribution < -0.4 is 4.74 Å². The minimum absolute atomic E-state index is 0.594. The predicted molar refractivity (Wildman–Crippen MR) is 98.9 cm³/mol. The third-order valence-electron chi connectivity index (χ3n) is 5.58. The van der Waals surface area contributed by atoms with Crippen LogP contribution in [0.1, 0.15) is 42.3 Å². The standard InChI is InChI=1S/C21H27N3O/c1-16-22-10-6-20(23-16)18-7-11-24(12-8-18)15-17-9-13-25-21-5-3-2-4-19(21)14-17/h2-6,10,17-18H,7-9,11-15H2,1H3/t17-/m1/s1. The average molecular weight is 337 g/mol. The van der Waals surface area contributed by atoms with Crippen molar-refractivity contribution in [2.24, 2.45) is 5.92 Å². The zero-order valence-electron chi connectivity index (χ0n) is 15.0. The Kier molecular flexibility index (Phi) is 4.97. The Bertz CT molecular complexity index is 710. The van der Waals surface area contributed by atoms with E-state index in [0.29, 0.717) is 11.8 Å². The summed E-state index contributed by atoms with van der Waals surface area (Å²) in [5, 5.41) is 0. The lowest BCUT2D eigenvalue weighted by Gasteiger charge is -2.33. The minimum Gasteiger partial charge on any atom is -0.493 e. The molecule has 0 unspecified atom stereocenters. The maximum atomic E-state index is 5.92. The van der Waals surface area contributed by atoms with Crippen molar-refractivity contribution in [2.75, 3.05) is 26.2 Å². The summed E-state index contributed by atoms with van der Waals surface area (Å²) < 4.78 is 5.92. The summed E-state index contributed by atoms with van der Waals surface area (Å²) >= 11 is 0. The van der Waals surface area contributed by atoms with Gasteiger partial charge < -0.3 is 9.64 Å². The number of hydrogen-bond donors (Lipinski definition) is 0. The Morgan fingerprint density at radius 3 is 2.80 bits per heavy atom. The summed E-state index contributed by atoms with van der Waals surface area (Å²) in [6.45, 7) is 6.36. The van der Waals surface area contributed by atoms with Gasteiger partial charge in [-0.3, -0.25) is 0 Å². The molecule has 2 aliphatic heterocycles. The lowest BCUT2D eigenvalue weighted by molar-refractivity contribution is 0.171. The van der Waals surface area contributed by atoms with Crippen LogP contribution in [0.3, 0.4) is 0 Å². The maximum Gasteiger partial charge on any atom is 0.125 e. The van der Waals surface area contributed by atoms with Gasteiger partial charge in [-0.2, -0.15) is 0 Å². The van der Waals surface area contributed by atoms with Gasteiger partial charge in [0.15, 0.2) is 0 Å². The molecule has 0 amide bonds. The van der Waals surface area contributed by atoms with Crippen LogP contribution in [0.4, 0.5) is 0 Å². The third kappa shape index (κ3) is 4.01. The van der Waals surface area contributed by atoms with Crippen LogP contribution in [-0.2, 0) is 6.42 Å². The van der Waals surface area contributed by atoms with E-state index in [1.54, 1.807) is 0 Å². The van der Waals surface area contributed by atoms with Crippen molar-refractivity contribution < 1.29 is 4.74 Å². The van der Waals surface area contributed by atoms with Gasteiger partial charge in [0.2, 0.25) is 0 Å². The Morgan fingerprint density at radius 1 is 1.12 bits per heavy atom. The smallest absolute Gasteiger partial charge is 0.125 e. The average Bonchev–Trinajstić information content (AvgIpc) is 2.84. The number of fused-ring (bicyclic) bond motifs is 1. The number of aromatic nitrogens is 2. The molecule has 132 valence electrons. The number of aryl methyl sites for hydroxylation is 1. The fourth-order valence-electron chi connectivity index (χ4n) is 4.20. The number of para-hydroxylation sites is 1. The van der Waals surface area contributed by atoms with E-state index in [1.807, 2.05) is 13.1 Å². The fourth-order valence-corrected chi connectivity index (χ4v) is 4.20. The van der Waals surface area contributed by atoms with Crippen LogP contribution in [0.15, 0.2) is 36.5 Å². The van der Waals surface area contributed by atoms with E-state index in [9.17, 15) is 0 Å². The van der Waals surface area contributed by atoms with Crippen molar-refractivity contribution >= 4 is 0 Å². The fraction of sp³-hybridized carbons (Fsp3) is 0.524. The molecule has 1 fully saturated rings. The molecule has 0 saturated carbocycles. The summed E-state index contributed by atoms with van der Waals surface area (Å²) in [6, 6.07) is 10.6. The quantitative estimate of drug-likeness (QED) is 0.858. The summed E-state index contributed by atoms with van der Waals surface area (Å²) in [5.74, 6) is 3.26. The second-order valence-electron chi connectivity index (χ2n) is 7.42. The molecule has 3 heterocycles. The number of benzene rings is 1. The molecule has 4 nitrogen and oxygen atoms in total. The topological polar surface area (TPSA) is 38.2 Å². The molecular formula is C21H27N3O. The number of piperidine rings is 1. The van der Waals surface area contributed by atoms with Crippen molar-refractivity contribution in [3.63, 3.8) is 0 Å². The Labute approximate surface area is 150 Å². The SMILES string of the molecule is Cc1nccc(C2CCN(C[C@@H]3CCOc4ccccc4C3)CC2)n1. The molecular weight excluding hydrogens is 310 g/mol. The van der Waals surface area contributed by atoms with Gasteiger partial charge in [-0.15, -0.1) is 0 Å². The van der Waals surface area contributed by atoms with Gasteiger partial charge in [0.05, 0.1) is 6.61 Å². The number of likely N-dealkylation sites (tertiary alicyclic amines) is 1. The first-order valence-electron chi connectivity index (χ1n) is 9.50. The van der Waals surface area contributed by atoms with Crippen LogP contribution in [0, 0.1) is 12.8 Å². The van der Waals surface area contributed by atoms with Crippen LogP contribution >= 0.6 is 0 Å². The normalized spacial score (nSPS) is 22.0. The molecule has 1 aromatic heterocycles. The lowest BCUT2D eigenvalue weighted by Crippen LogP contribution is -2.37. The van der Waals surface area contributed by atoms with E-state index in [0.717, 1.165) is 31.0 Å². The van der Waals surface area contributed by atoms with Gasteiger partial charge in [-0.1, -0.05) is 18.2 Å². The van der Waals surface area contributed by atoms with Crippen molar-refractivity contribution in [2.45, 2.75) is 38.5 Å². The van der Waals surface area contributed by atoms with E-state index in [4.69, 9.17) is 4.74 Å². The van der Waals surface area contributed by atoms with E-state index in [2.05, 4.69) is 45.2 Å². The second kappa shape index (κ2) is 7.52. The maximum absolute atomic E-state index is 5.92. The molecule has 2 aliphatic rings. The number of rotatable bonds is 3. The highest BCUT2D eigenvalue weighted by Crippen LogP contribution is 2.30. The summed E-state index contributed by atoms with van der Waals surface area (Å²) in [7, 11) is 0. The van der Waals surface area contributed by atoms with E-state index < -0.39 is 0 Å². The first kappa shape index (κ1) is 16.5. The number of ether oxygens (including phenoxy) is 1.